The fourth-order valence-electron chi connectivity index (χ4n) is 3.75. The molecule has 9 heteroatoms. The number of ether oxygens (including phenoxy) is 1. The van der Waals surface area contributed by atoms with Crippen LogP contribution in [0.4, 0.5) is 0 Å². The van der Waals surface area contributed by atoms with E-state index in [0.717, 1.165) is 11.3 Å². The zero-order valence-electron chi connectivity index (χ0n) is 17.4. The van der Waals surface area contributed by atoms with Crippen LogP contribution in [0.1, 0.15) is 27.9 Å². The van der Waals surface area contributed by atoms with Gasteiger partial charge in [-0.3, -0.25) is 14.7 Å². The Labute approximate surface area is 179 Å². The second-order valence-electron chi connectivity index (χ2n) is 7.50. The van der Waals surface area contributed by atoms with Crippen LogP contribution in [0, 0.1) is 6.92 Å². The van der Waals surface area contributed by atoms with Gasteiger partial charge in [0.1, 0.15) is 18.1 Å². The predicted molar refractivity (Wildman–Crippen MR) is 113 cm³/mol. The van der Waals surface area contributed by atoms with Gasteiger partial charge >= 0.3 is 0 Å². The third-order valence-electron chi connectivity index (χ3n) is 5.22. The van der Waals surface area contributed by atoms with Gasteiger partial charge in [-0.05, 0) is 19.1 Å². The topological polar surface area (TPSA) is 113 Å². The number of amides is 2. The number of benzene rings is 1. The zero-order valence-corrected chi connectivity index (χ0v) is 17.4. The first kappa shape index (κ1) is 20.7. The number of H-pyrrole nitrogens is 1. The summed E-state index contributed by atoms with van der Waals surface area (Å²) in [5.74, 6) is 0.527. The molecule has 2 amide bonds. The number of hydrogen-bond donors (Lipinski definition) is 2. The van der Waals surface area contributed by atoms with E-state index in [1.807, 2.05) is 49.4 Å². The van der Waals surface area contributed by atoms with E-state index in [1.54, 1.807) is 11.0 Å². The van der Waals surface area contributed by atoms with E-state index in [2.05, 4.69) is 25.5 Å². The molecule has 2 N–H and O–H groups in total. The first-order chi connectivity index (χ1) is 15.0. The third kappa shape index (κ3) is 4.61. The molecule has 0 bridgehead atoms. The Morgan fingerprint density at radius 1 is 1.13 bits per heavy atom. The van der Waals surface area contributed by atoms with Crippen molar-refractivity contribution in [3.8, 4) is 11.4 Å². The number of rotatable bonds is 6. The highest BCUT2D eigenvalue weighted by molar-refractivity contribution is 5.92. The van der Waals surface area contributed by atoms with Gasteiger partial charge in [0.15, 0.2) is 5.82 Å². The summed E-state index contributed by atoms with van der Waals surface area (Å²) in [6, 6.07) is 14.7. The van der Waals surface area contributed by atoms with Crippen LogP contribution in [0.25, 0.3) is 11.4 Å². The molecule has 0 saturated carbocycles. The Bertz CT molecular complexity index is 1070. The van der Waals surface area contributed by atoms with Crippen molar-refractivity contribution in [2.45, 2.75) is 18.9 Å². The minimum atomic E-state index is -0.326. The maximum absolute atomic E-state index is 13.0. The lowest BCUT2D eigenvalue weighted by molar-refractivity contribution is -0.125. The van der Waals surface area contributed by atoms with Crippen molar-refractivity contribution in [1.29, 1.82) is 0 Å². The average Bonchev–Trinajstić information content (AvgIpc) is 3.41. The van der Waals surface area contributed by atoms with E-state index in [4.69, 9.17) is 4.74 Å². The highest BCUT2D eigenvalue weighted by atomic mass is 16.5. The highest BCUT2D eigenvalue weighted by Crippen LogP contribution is 2.28. The van der Waals surface area contributed by atoms with E-state index < -0.39 is 0 Å². The van der Waals surface area contributed by atoms with E-state index in [0.29, 0.717) is 30.4 Å². The van der Waals surface area contributed by atoms with Crippen molar-refractivity contribution in [2.75, 3.05) is 26.8 Å². The maximum Gasteiger partial charge on any atom is 0.272 e. The molecule has 1 aromatic carbocycles. The normalized spacial score (nSPS) is 18.2. The molecule has 0 spiro atoms. The third-order valence-corrected chi connectivity index (χ3v) is 5.22. The Morgan fingerprint density at radius 3 is 2.68 bits per heavy atom. The van der Waals surface area contributed by atoms with Gasteiger partial charge in [-0.1, -0.05) is 36.4 Å². The van der Waals surface area contributed by atoms with Crippen LogP contribution in [0.5, 0.6) is 0 Å². The summed E-state index contributed by atoms with van der Waals surface area (Å²) in [5.41, 5.74) is 2.04. The fourth-order valence-corrected chi connectivity index (χ4v) is 3.75. The largest absolute Gasteiger partial charge is 0.375 e. The second-order valence-corrected chi connectivity index (χ2v) is 7.50. The molecule has 0 unspecified atom stereocenters. The zero-order chi connectivity index (χ0) is 21.8. The molecule has 0 aliphatic carbocycles. The minimum Gasteiger partial charge on any atom is -0.375 e. The van der Waals surface area contributed by atoms with Crippen molar-refractivity contribution < 1.29 is 14.3 Å². The van der Waals surface area contributed by atoms with Gasteiger partial charge in [0, 0.05) is 31.5 Å². The van der Waals surface area contributed by atoms with Gasteiger partial charge in [0.05, 0.1) is 12.0 Å². The molecule has 1 aliphatic rings. The van der Waals surface area contributed by atoms with Crippen LogP contribution in [0.15, 0.2) is 48.5 Å². The first-order valence-electron chi connectivity index (χ1n) is 10.0. The first-order valence-corrected chi connectivity index (χ1v) is 10.0. The van der Waals surface area contributed by atoms with Crippen molar-refractivity contribution in [3.05, 3.63) is 65.7 Å². The Kier molecular flexibility index (Phi) is 6.03. The van der Waals surface area contributed by atoms with Crippen molar-refractivity contribution in [2.24, 2.45) is 0 Å². The number of likely N-dealkylation sites (tertiary alicyclic amines) is 1. The summed E-state index contributed by atoms with van der Waals surface area (Å²) in [6.45, 7) is 2.52. The van der Waals surface area contributed by atoms with Crippen molar-refractivity contribution >= 4 is 11.8 Å². The van der Waals surface area contributed by atoms with Crippen LogP contribution in [-0.2, 0) is 9.53 Å². The molecular weight excluding hydrogens is 396 g/mol. The van der Waals surface area contributed by atoms with Gasteiger partial charge in [-0.2, -0.15) is 5.10 Å². The summed E-state index contributed by atoms with van der Waals surface area (Å²) in [7, 11) is 1.47. The lowest BCUT2D eigenvalue weighted by Crippen LogP contribution is -2.42. The molecular formula is C22H24N6O3. The van der Waals surface area contributed by atoms with Crippen LogP contribution in [-0.4, -0.2) is 69.7 Å². The van der Waals surface area contributed by atoms with Crippen LogP contribution >= 0.6 is 0 Å². The number of aromatic amines is 1. The molecule has 1 saturated heterocycles. The number of nitrogens with one attached hydrogen (secondary N) is 2. The highest BCUT2D eigenvalue weighted by Gasteiger charge is 2.39. The molecule has 2 aromatic heterocycles. The Morgan fingerprint density at radius 2 is 1.94 bits per heavy atom. The van der Waals surface area contributed by atoms with Gasteiger partial charge in [-0.25, -0.2) is 9.97 Å². The standard InChI is InChI=1S/C22H24N6O3/c1-14-7-6-10-17(23-14)22(30)28-11-16(18(12-28)24-19(29)13-31-2)21-25-20(26-27-21)15-8-4-3-5-9-15/h3-10,16,18H,11-13H2,1-2H3,(H,24,29)(H,25,26,27)/t16-,18-/m1/s1. The Balaban J connectivity index is 1.58. The summed E-state index contributed by atoms with van der Waals surface area (Å²) >= 11 is 0. The van der Waals surface area contributed by atoms with Gasteiger partial charge in [0.25, 0.3) is 5.91 Å². The van der Waals surface area contributed by atoms with Gasteiger partial charge in [-0.15, -0.1) is 0 Å². The number of carbonyl (C=O) groups excluding carboxylic acids is 2. The average molecular weight is 420 g/mol. The number of aromatic nitrogens is 4. The number of carbonyl (C=O) groups is 2. The molecule has 3 aromatic rings. The lowest BCUT2D eigenvalue weighted by Gasteiger charge is -2.17. The monoisotopic (exact) mass is 420 g/mol. The molecule has 9 nitrogen and oxygen atoms in total. The Hall–Kier alpha value is -3.59. The smallest absolute Gasteiger partial charge is 0.272 e. The van der Waals surface area contributed by atoms with E-state index in [9.17, 15) is 9.59 Å². The van der Waals surface area contributed by atoms with Crippen LogP contribution in [0.3, 0.4) is 0 Å². The summed E-state index contributed by atoms with van der Waals surface area (Å²) < 4.78 is 4.94. The SMILES string of the molecule is COCC(=O)N[C@@H]1CN(C(=O)c2cccc(C)n2)C[C@H]1c1nc(-c2ccccc2)n[nH]1. The van der Waals surface area contributed by atoms with Crippen molar-refractivity contribution in [3.63, 3.8) is 0 Å². The van der Waals surface area contributed by atoms with E-state index >= 15 is 0 Å². The predicted octanol–water partition coefficient (Wildman–Crippen LogP) is 1.55. The number of aryl methyl sites for hydroxylation is 1. The van der Waals surface area contributed by atoms with Crippen LogP contribution < -0.4 is 5.32 Å². The molecule has 3 heterocycles. The van der Waals surface area contributed by atoms with E-state index in [-0.39, 0.29) is 30.4 Å². The molecule has 1 aliphatic heterocycles. The maximum atomic E-state index is 13.0. The van der Waals surface area contributed by atoms with Gasteiger partial charge in [0.2, 0.25) is 5.91 Å². The van der Waals surface area contributed by atoms with Gasteiger partial charge < -0.3 is 15.0 Å². The molecule has 2 atom stereocenters. The molecule has 0 radical (unpaired) electrons. The second kappa shape index (κ2) is 9.05. The number of methoxy groups -OCH3 is 1. The summed E-state index contributed by atoms with van der Waals surface area (Å²) in [6.07, 6.45) is 0. The summed E-state index contributed by atoms with van der Waals surface area (Å²) in [4.78, 5) is 35.9. The molecule has 160 valence electrons. The number of nitrogens with zero attached hydrogens (tertiary/aromatic N) is 4. The lowest BCUT2D eigenvalue weighted by atomic mass is 10.0. The van der Waals surface area contributed by atoms with Crippen LogP contribution in [0.2, 0.25) is 0 Å². The van der Waals surface area contributed by atoms with Crippen molar-refractivity contribution in [1.82, 2.24) is 30.4 Å². The molecule has 31 heavy (non-hydrogen) atoms. The number of pyridine rings is 1. The fraction of sp³-hybridized carbons (Fsp3) is 0.318. The summed E-state index contributed by atoms with van der Waals surface area (Å²) in [5, 5.41) is 10.3. The molecule has 1 fully saturated rings. The minimum absolute atomic E-state index is 0.0533. The number of hydrogen-bond acceptors (Lipinski definition) is 6. The van der Waals surface area contributed by atoms with E-state index in [1.165, 1.54) is 7.11 Å². The molecule has 4 rings (SSSR count). The quantitative estimate of drug-likeness (QED) is 0.626.